The van der Waals surface area contributed by atoms with E-state index in [4.69, 9.17) is 18.9 Å². The van der Waals surface area contributed by atoms with E-state index < -0.39 is 86.8 Å². The van der Waals surface area contributed by atoms with Gasteiger partial charge in [-0.25, -0.2) is 0 Å². The Labute approximate surface area is 346 Å². The zero-order valence-corrected chi connectivity index (χ0v) is 35.0. The SMILES string of the molecule is CCCC/C=C\C/C=C\CCCCCCCC(=O)NC(COC1OC(CO)C(OC2OC(CO)C(O)C(O)C2O)C(O)C1O)C(O)/C=C/CC/C=C/CCCCCC. The Kier molecular flexibility index (Phi) is 28.5. The van der Waals surface area contributed by atoms with Crippen molar-refractivity contribution in [2.75, 3.05) is 19.8 Å². The van der Waals surface area contributed by atoms with E-state index in [9.17, 15) is 45.6 Å². The summed E-state index contributed by atoms with van der Waals surface area (Å²) in [5, 5.41) is 86.2. The number of ether oxygens (including phenoxy) is 4. The summed E-state index contributed by atoms with van der Waals surface area (Å²) < 4.78 is 22.5. The molecule has 0 aromatic rings. The highest BCUT2D eigenvalue weighted by atomic mass is 16.7. The van der Waals surface area contributed by atoms with Crippen LogP contribution < -0.4 is 5.32 Å². The second kappa shape index (κ2) is 31.8. The van der Waals surface area contributed by atoms with Gasteiger partial charge in [0.05, 0.1) is 32.0 Å². The van der Waals surface area contributed by atoms with Crippen LogP contribution in [0.5, 0.6) is 0 Å². The van der Waals surface area contributed by atoms with Gasteiger partial charge in [0.15, 0.2) is 12.6 Å². The summed E-state index contributed by atoms with van der Waals surface area (Å²) in [6, 6.07) is -0.935. The molecule has 12 unspecified atom stereocenters. The van der Waals surface area contributed by atoms with Crippen molar-refractivity contribution in [3.8, 4) is 0 Å². The molecular weight excluding hydrogens is 750 g/mol. The number of nitrogens with one attached hydrogen (secondary N) is 1. The molecule has 1 amide bonds. The van der Waals surface area contributed by atoms with Gasteiger partial charge >= 0.3 is 0 Å². The number of allylic oxidation sites excluding steroid dienone is 7. The van der Waals surface area contributed by atoms with Gasteiger partial charge in [0, 0.05) is 6.42 Å². The van der Waals surface area contributed by atoms with E-state index in [1.807, 2.05) is 6.08 Å². The summed E-state index contributed by atoms with van der Waals surface area (Å²) in [5.74, 6) is -0.270. The van der Waals surface area contributed by atoms with Gasteiger partial charge in [0.1, 0.15) is 48.8 Å². The van der Waals surface area contributed by atoms with Crippen LogP contribution >= 0.6 is 0 Å². The van der Waals surface area contributed by atoms with Crippen LogP contribution in [0.1, 0.15) is 129 Å². The first-order valence-electron chi connectivity index (χ1n) is 21.9. The fraction of sp³-hybridized carbons (Fsp3) is 0.795. The molecule has 14 heteroatoms. The maximum absolute atomic E-state index is 13.1. The molecule has 2 heterocycles. The van der Waals surface area contributed by atoms with Crippen molar-refractivity contribution in [2.24, 2.45) is 0 Å². The largest absolute Gasteiger partial charge is 0.394 e. The number of hydrogen-bond donors (Lipinski definition) is 9. The fourth-order valence-corrected chi connectivity index (χ4v) is 6.79. The molecule has 0 radical (unpaired) electrons. The van der Waals surface area contributed by atoms with Crippen molar-refractivity contribution < 1.29 is 64.6 Å². The number of unbranched alkanes of at least 4 members (excludes halogenated alkanes) is 12. The highest BCUT2D eigenvalue weighted by Crippen LogP contribution is 2.29. The average Bonchev–Trinajstić information content (AvgIpc) is 3.22. The molecule has 58 heavy (non-hydrogen) atoms. The Morgan fingerprint density at radius 2 is 1.17 bits per heavy atom. The maximum Gasteiger partial charge on any atom is 0.220 e. The quantitative estimate of drug-likeness (QED) is 0.0359. The van der Waals surface area contributed by atoms with Crippen LogP contribution in [0, 0.1) is 0 Å². The summed E-state index contributed by atoms with van der Waals surface area (Å²) in [5.41, 5.74) is 0. The van der Waals surface area contributed by atoms with Crippen molar-refractivity contribution in [1.29, 1.82) is 0 Å². The first kappa shape index (κ1) is 52.1. The highest BCUT2D eigenvalue weighted by molar-refractivity contribution is 5.76. The number of aliphatic hydroxyl groups excluding tert-OH is 8. The van der Waals surface area contributed by atoms with Crippen LogP contribution in [-0.2, 0) is 23.7 Å². The van der Waals surface area contributed by atoms with E-state index in [0.29, 0.717) is 12.8 Å². The van der Waals surface area contributed by atoms with E-state index in [1.165, 1.54) is 32.1 Å². The third kappa shape index (κ3) is 20.0. The first-order valence-corrected chi connectivity index (χ1v) is 21.9. The molecule has 2 saturated heterocycles. The first-order chi connectivity index (χ1) is 28.1. The van der Waals surface area contributed by atoms with Crippen LogP contribution in [0.15, 0.2) is 48.6 Å². The van der Waals surface area contributed by atoms with E-state index in [0.717, 1.165) is 64.2 Å². The molecule has 2 aliphatic heterocycles. The number of rotatable bonds is 31. The summed E-state index contributed by atoms with van der Waals surface area (Å²) in [6.07, 6.45) is 17.4. The van der Waals surface area contributed by atoms with E-state index in [-0.39, 0.29) is 18.9 Å². The summed E-state index contributed by atoms with van der Waals surface area (Å²) in [7, 11) is 0. The molecule has 9 N–H and O–H groups in total. The summed E-state index contributed by atoms with van der Waals surface area (Å²) in [4.78, 5) is 13.1. The molecule has 12 atom stereocenters. The van der Waals surface area contributed by atoms with Gasteiger partial charge in [0.25, 0.3) is 0 Å². The number of hydrogen-bond acceptors (Lipinski definition) is 13. The lowest BCUT2D eigenvalue weighted by molar-refractivity contribution is -0.359. The lowest BCUT2D eigenvalue weighted by Gasteiger charge is -2.46. The minimum absolute atomic E-state index is 0.255. The smallest absolute Gasteiger partial charge is 0.220 e. The van der Waals surface area contributed by atoms with Crippen LogP contribution in [0.25, 0.3) is 0 Å². The Morgan fingerprint density at radius 3 is 1.84 bits per heavy atom. The molecule has 2 rings (SSSR count). The van der Waals surface area contributed by atoms with E-state index in [1.54, 1.807) is 6.08 Å². The lowest BCUT2D eigenvalue weighted by atomic mass is 9.97. The van der Waals surface area contributed by atoms with Gasteiger partial charge in [-0.3, -0.25) is 4.79 Å². The number of amides is 1. The maximum atomic E-state index is 13.1. The molecule has 2 fully saturated rings. The third-order valence-electron chi connectivity index (χ3n) is 10.5. The second-order valence-electron chi connectivity index (χ2n) is 15.5. The Hall–Kier alpha value is -2.05. The third-order valence-corrected chi connectivity index (χ3v) is 10.5. The van der Waals surface area contributed by atoms with Crippen molar-refractivity contribution in [1.82, 2.24) is 5.32 Å². The van der Waals surface area contributed by atoms with Crippen molar-refractivity contribution in [3.63, 3.8) is 0 Å². The molecule has 336 valence electrons. The molecule has 0 bridgehead atoms. The Morgan fingerprint density at radius 1 is 0.621 bits per heavy atom. The van der Waals surface area contributed by atoms with Crippen molar-refractivity contribution >= 4 is 5.91 Å². The molecule has 0 aromatic carbocycles. The van der Waals surface area contributed by atoms with Crippen LogP contribution in [0.2, 0.25) is 0 Å². The predicted molar refractivity (Wildman–Crippen MR) is 221 cm³/mol. The Bertz CT molecular complexity index is 1160. The monoisotopic (exact) mass is 828 g/mol. The molecular formula is C44H77NO13. The van der Waals surface area contributed by atoms with Crippen molar-refractivity contribution in [3.05, 3.63) is 48.6 Å². The van der Waals surface area contributed by atoms with Crippen molar-refractivity contribution in [2.45, 2.75) is 203 Å². The van der Waals surface area contributed by atoms with E-state index in [2.05, 4.69) is 55.6 Å². The highest BCUT2D eigenvalue weighted by Gasteiger charge is 2.50. The summed E-state index contributed by atoms with van der Waals surface area (Å²) >= 11 is 0. The Balaban J connectivity index is 1.93. The lowest BCUT2D eigenvalue weighted by Crippen LogP contribution is -2.65. The molecule has 0 saturated carbocycles. The molecule has 0 spiro atoms. The van der Waals surface area contributed by atoms with E-state index >= 15 is 0 Å². The molecule has 14 nitrogen and oxygen atoms in total. The van der Waals surface area contributed by atoms with Gasteiger partial charge in [-0.2, -0.15) is 0 Å². The average molecular weight is 828 g/mol. The van der Waals surface area contributed by atoms with Crippen LogP contribution in [-0.4, -0.2) is 140 Å². The predicted octanol–water partition coefficient (Wildman–Crippen LogP) is 3.76. The van der Waals surface area contributed by atoms with Gasteiger partial charge in [-0.05, 0) is 57.8 Å². The fourth-order valence-electron chi connectivity index (χ4n) is 6.79. The minimum Gasteiger partial charge on any atom is -0.394 e. The van der Waals surface area contributed by atoms with Gasteiger partial charge in [0.2, 0.25) is 5.91 Å². The van der Waals surface area contributed by atoms with Gasteiger partial charge in [-0.15, -0.1) is 0 Å². The number of aliphatic hydroxyl groups is 8. The topological polar surface area (TPSA) is 228 Å². The summed E-state index contributed by atoms with van der Waals surface area (Å²) in [6.45, 7) is 2.63. The van der Waals surface area contributed by atoms with Crippen LogP contribution in [0.3, 0.4) is 0 Å². The second-order valence-corrected chi connectivity index (χ2v) is 15.5. The zero-order valence-electron chi connectivity index (χ0n) is 35.0. The van der Waals surface area contributed by atoms with Gasteiger partial charge < -0.3 is 65.1 Å². The minimum atomic E-state index is -1.79. The molecule has 0 aromatic heterocycles. The molecule has 2 aliphatic rings. The van der Waals surface area contributed by atoms with Gasteiger partial charge in [-0.1, -0.05) is 114 Å². The van der Waals surface area contributed by atoms with Crippen LogP contribution in [0.4, 0.5) is 0 Å². The number of carbonyl (C=O) groups excluding carboxylic acids is 1. The zero-order chi connectivity index (χ0) is 42.5. The standard InChI is InChI=1S/C44H77NO13/c1-3-5-7-9-11-13-15-16-17-18-20-22-24-26-28-36(49)45-32(33(48)27-25-23-21-19-14-12-10-8-6-4-2)31-55-43-41(54)39(52)42(35(30-47)57-43)58-44-40(53)38(51)37(50)34(29-46)56-44/h9,11,14-16,19,25,27,32-35,37-44,46-48,50-54H,3-8,10,12-13,17-18,20-24,26,28-31H2,1-2H3,(H,45,49)/b11-9-,16-15-,19-14+,27-25+. The number of carbonyl (C=O) groups is 1. The molecule has 0 aliphatic carbocycles. The normalized spacial score (nSPS) is 29.3.